The Morgan fingerprint density at radius 2 is 1.96 bits per heavy atom. The lowest BCUT2D eigenvalue weighted by molar-refractivity contribution is -0.118. The molecule has 0 aliphatic heterocycles. The van der Waals surface area contributed by atoms with Gasteiger partial charge in [0.05, 0.1) is 6.20 Å². The summed E-state index contributed by atoms with van der Waals surface area (Å²) in [6.07, 6.45) is 3.83. The number of amides is 2. The van der Waals surface area contributed by atoms with Crippen LogP contribution >= 0.6 is 0 Å². The van der Waals surface area contributed by atoms with Gasteiger partial charge in [-0.3, -0.25) is 14.3 Å². The number of carbonyl (C=O) groups excluding carboxylic acids is 2. The van der Waals surface area contributed by atoms with E-state index in [1.807, 2.05) is 44.3 Å². The zero-order valence-electron chi connectivity index (χ0n) is 13.5. The molecule has 1 heterocycles. The third-order valence-electron chi connectivity index (χ3n) is 3.71. The largest absolute Gasteiger partial charge is 0.370 e. The van der Waals surface area contributed by atoms with Gasteiger partial charge in [-0.25, -0.2) is 0 Å². The van der Waals surface area contributed by atoms with Gasteiger partial charge in [-0.2, -0.15) is 5.10 Å². The number of carbonyl (C=O) groups is 2. The highest BCUT2D eigenvalue weighted by molar-refractivity contribution is 5.95. The molecule has 0 fully saturated rings. The minimum atomic E-state index is -0.353. The van der Waals surface area contributed by atoms with E-state index >= 15 is 0 Å². The lowest BCUT2D eigenvalue weighted by Gasteiger charge is -2.18. The van der Waals surface area contributed by atoms with Crippen molar-refractivity contribution in [2.24, 2.45) is 5.73 Å². The number of hydrogen-bond acceptors (Lipinski definition) is 3. The maximum Gasteiger partial charge on any atom is 0.253 e. The summed E-state index contributed by atoms with van der Waals surface area (Å²) in [5.41, 5.74) is 7.64. The van der Waals surface area contributed by atoms with Crippen LogP contribution in [0.4, 0.5) is 0 Å². The number of aryl methyl sites for hydroxylation is 1. The first-order valence-corrected chi connectivity index (χ1v) is 7.75. The molecule has 2 aromatic rings. The fourth-order valence-electron chi connectivity index (χ4n) is 2.38. The normalized spacial score (nSPS) is 10.5. The van der Waals surface area contributed by atoms with Crippen LogP contribution in [0.5, 0.6) is 0 Å². The van der Waals surface area contributed by atoms with Crippen molar-refractivity contribution in [2.45, 2.75) is 26.8 Å². The van der Waals surface area contributed by atoms with Gasteiger partial charge in [0.2, 0.25) is 5.91 Å². The van der Waals surface area contributed by atoms with E-state index in [0.29, 0.717) is 25.2 Å². The molecule has 0 unspecified atom stereocenters. The molecule has 0 bridgehead atoms. The van der Waals surface area contributed by atoms with E-state index in [4.69, 9.17) is 5.73 Å². The molecule has 0 saturated heterocycles. The van der Waals surface area contributed by atoms with Crippen LogP contribution in [-0.4, -0.2) is 39.6 Å². The van der Waals surface area contributed by atoms with E-state index in [1.54, 1.807) is 15.8 Å². The molecule has 6 nitrogen and oxygen atoms in total. The van der Waals surface area contributed by atoms with Crippen LogP contribution in [0.3, 0.4) is 0 Å². The summed E-state index contributed by atoms with van der Waals surface area (Å²) >= 11 is 0. The van der Waals surface area contributed by atoms with Crippen LogP contribution < -0.4 is 5.73 Å². The van der Waals surface area contributed by atoms with Gasteiger partial charge < -0.3 is 10.6 Å². The number of rotatable bonds is 7. The number of nitrogens with two attached hydrogens (primary N) is 1. The number of primary amides is 1. The molecule has 23 heavy (non-hydrogen) atoms. The van der Waals surface area contributed by atoms with Crippen molar-refractivity contribution >= 4 is 11.8 Å². The number of nitrogens with zero attached hydrogens (tertiary/aromatic N) is 3. The summed E-state index contributed by atoms with van der Waals surface area (Å²) in [5.74, 6) is -0.327. The van der Waals surface area contributed by atoms with Crippen molar-refractivity contribution < 1.29 is 9.59 Å². The summed E-state index contributed by atoms with van der Waals surface area (Å²) in [6, 6.07) is 7.50. The Morgan fingerprint density at radius 3 is 2.61 bits per heavy atom. The molecule has 1 aromatic heterocycles. The predicted molar refractivity (Wildman–Crippen MR) is 88.7 cm³/mol. The molecule has 122 valence electrons. The number of hydrogen-bond donors (Lipinski definition) is 1. The van der Waals surface area contributed by atoms with Crippen molar-refractivity contribution in [3.8, 4) is 11.1 Å². The maximum absolute atomic E-state index is 12.4. The molecule has 2 rings (SSSR count). The van der Waals surface area contributed by atoms with Gasteiger partial charge in [-0.1, -0.05) is 12.1 Å². The second kappa shape index (κ2) is 7.58. The zero-order valence-corrected chi connectivity index (χ0v) is 13.5. The second-order valence-electron chi connectivity index (χ2n) is 5.27. The van der Waals surface area contributed by atoms with Crippen molar-refractivity contribution in [1.29, 1.82) is 0 Å². The van der Waals surface area contributed by atoms with Crippen LogP contribution in [0.25, 0.3) is 11.1 Å². The van der Waals surface area contributed by atoms with Crippen molar-refractivity contribution in [2.75, 3.05) is 13.1 Å². The third kappa shape index (κ3) is 4.18. The molecular weight excluding hydrogens is 292 g/mol. The SMILES string of the molecule is CCN(CC)C(=O)c1cccc(-c2cnn(CCC(N)=O)c2)c1. The van der Waals surface area contributed by atoms with Crippen LogP contribution in [0.2, 0.25) is 0 Å². The van der Waals surface area contributed by atoms with E-state index in [9.17, 15) is 9.59 Å². The Morgan fingerprint density at radius 1 is 1.22 bits per heavy atom. The lowest BCUT2D eigenvalue weighted by Crippen LogP contribution is -2.30. The van der Waals surface area contributed by atoms with Gasteiger partial charge >= 0.3 is 0 Å². The first kappa shape index (κ1) is 16.7. The second-order valence-corrected chi connectivity index (χ2v) is 5.27. The highest BCUT2D eigenvalue weighted by Crippen LogP contribution is 2.20. The molecule has 0 radical (unpaired) electrons. The van der Waals surface area contributed by atoms with Crippen LogP contribution in [0, 0.1) is 0 Å². The molecule has 1 aromatic carbocycles. The van der Waals surface area contributed by atoms with E-state index in [2.05, 4.69) is 5.10 Å². The summed E-state index contributed by atoms with van der Waals surface area (Å²) < 4.78 is 1.68. The first-order chi connectivity index (χ1) is 11.0. The van der Waals surface area contributed by atoms with Gasteiger partial charge in [-0.15, -0.1) is 0 Å². The Kier molecular flexibility index (Phi) is 5.51. The standard InChI is InChI=1S/C17H22N4O2/c1-3-20(4-2)17(23)14-7-5-6-13(10-14)15-11-19-21(12-15)9-8-16(18)22/h5-7,10-12H,3-4,8-9H2,1-2H3,(H2,18,22). The van der Waals surface area contributed by atoms with Crippen molar-refractivity contribution in [1.82, 2.24) is 14.7 Å². The Labute approximate surface area is 135 Å². The summed E-state index contributed by atoms with van der Waals surface area (Å²) in [4.78, 5) is 25.0. The smallest absolute Gasteiger partial charge is 0.253 e. The average Bonchev–Trinajstić information content (AvgIpc) is 3.03. The van der Waals surface area contributed by atoms with Gasteiger partial charge in [-0.05, 0) is 31.5 Å². The molecular formula is C17H22N4O2. The summed E-state index contributed by atoms with van der Waals surface area (Å²) in [7, 11) is 0. The van der Waals surface area contributed by atoms with Gasteiger partial charge in [0.25, 0.3) is 5.91 Å². The number of aromatic nitrogens is 2. The topological polar surface area (TPSA) is 81.2 Å². The monoisotopic (exact) mass is 314 g/mol. The number of benzene rings is 1. The van der Waals surface area contributed by atoms with Gasteiger partial charge in [0.1, 0.15) is 0 Å². The van der Waals surface area contributed by atoms with Gasteiger partial charge in [0, 0.05) is 43.4 Å². The summed E-state index contributed by atoms with van der Waals surface area (Å²) in [5, 5.41) is 4.22. The maximum atomic E-state index is 12.4. The fraction of sp³-hybridized carbons (Fsp3) is 0.353. The van der Waals surface area contributed by atoms with E-state index in [-0.39, 0.29) is 18.2 Å². The quantitative estimate of drug-likeness (QED) is 0.847. The Balaban J connectivity index is 2.19. The van der Waals surface area contributed by atoms with Gasteiger partial charge in [0.15, 0.2) is 0 Å². The minimum Gasteiger partial charge on any atom is -0.370 e. The molecule has 0 atom stereocenters. The van der Waals surface area contributed by atoms with Crippen LogP contribution in [0.15, 0.2) is 36.7 Å². The molecule has 0 aliphatic rings. The van der Waals surface area contributed by atoms with Crippen LogP contribution in [-0.2, 0) is 11.3 Å². The average molecular weight is 314 g/mol. The molecule has 0 aliphatic carbocycles. The highest BCUT2D eigenvalue weighted by Gasteiger charge is 2.13. The first-order valence-electron chi connectivity index (χ1n) is 7.75. The molecule has 2 amide bonds. The highest BCUT2D eigenvalue weighted by atomic mass is 16.2. The van der Waals surface area contributed by atoms with Crippen molar-refractivity contribution in [3.05, 3.63) is 42.2 Å². The third-order valence-corrected chi connectivity index (χ3v) is 3.71. The molecule has 2 N–H and O–H groups in total. The van der Waals surface area contributed by atoms with E-state index in [1.165, 1.54) is 0 Å². The zero-order chi connectivity index (χ0) is 16.8. The summed E-state index contributed by atoms with van der Waals surface area (Å²) in [6.45, 7) is 5.75. The predicted octanol–water partition coefficient (Wildman–Crippen LogP) is 1.91. The molecule has 6 heteroatoms. The fourth-order valence-corrected chi connectivity index (χ4v) is 2.38. The van der Waals surface area contributed by atoms with E-state index < -0.39 is 0 Å². The van der Waals surface area contributed by atoms with Crippen LogP contribution in [0.1, 0.15) is 30.6 Å². The van der Waals surface area contributed by atoms with Crippen molar-refractivity contribution in [3.63, 3.8) is 0 Å². The minimum absolute atomic E-state index is 0.0259. The Bertz CT molecular complexity index is 689. The molecule has 0 saturated carbocycles. The Hall–Kier alpha value is -2.63. The lowest BCUT2D eigenvalue weighted by atomic mass is 10.1. The molecule has 0 spiro atoms. The van der Waals surface area contributed by atoms with E-state index in [0.717, 1.165) is 11.1 Å².